The average Bonchev–Trinajstić information content (AvgIpc) is 2.88. The van der Waals surface area contributed by atoms with E-state index in [1.807, 2.05) is 113 Å². The van der Waals surface area contributed by atoms with Crippen LogP contribution >= 0.6 is 0 Å². The second-order valence-electron chi connectivity index (χ2n) is 4.94. The van der Waals surface area contributed by atoms with E-state index in [4.69, 9.17) is 5.73 Å². The van der Waals surface area contributed by atoms with Crippen LogP contribution in [0, 0.1) is 0 Å². The Morgan fingerprint density at radius 2 is 1.03 bits per heavy atom. The number of Topliss-reactive ketones (excluding diaryl/α,β-unsaturated/α-hetero) is 2. The Balaban J connectivity index is -0.000000178. The van der Waals surface area contributed by atoms with E-state index >= 15 is 0 Å². The molecular formula is C27H48N2O2. The molecule has 2 rings (SSSR count). The average molecular weight is 433 g/mol. The van der Waals surface area contributed by atoms with Gasteiger partial charge in [0.1, 0.15) is 0 Å². The number of nitrogens with two attached hydrogens (primary N) is 1. The molecule has 0 saturated heterocycles. The van der Waals surface area contributed by atoms with Gasteiger partial charge in [0.05, 0.1) is 0 Å². The fraction of sp³-hybridized carbons (Fsp3) is 0.481. The van der Waals surface area contributed by atoms with Gasteiger partial charge in [-0.25, -0.2) is 0 Å². The molecule has 0 aliphatic carbocycles. The Labute approximate surface area is 192 Å². The molecule has 4 nitrogen and oxygen atoms in total. The van der Waals surface area contributed by atoms with Gasteiger partial charge < -0.3 is 11.1 Å². The lowest BCUT2D eigenvalue weighted by Crippen LogP contribution is -2.01. The lowest BCUT2D eigenvalue weighted by molar-refractivity contribution is 0.0981. The summed E-state index contributed by atoms with van der Waals surface area (Å²) in [5, 5.41) is 2.99. The Morgan fingerprint density at radius 1 is 0.677 bits per heavy atom. The van der Waals surface area contributed by atoms with Crippen LogP contribution in [0.4, 0.5) is 11.4 Å². The molecule has 0 amide bonds. The van der Waals surface area contributed by atoms with Crippen LogP contribution in [0.3, 0.4) is 0 Å². The maximum Gasteiger partial charge on any atom is 0.164 e. The van der Waals surface area contributed by atoms with Gasteiger partial charge in [-0.3, -0.25) is 9.59 Å². The predicted octanol–water partition coefficient (Wildman–Crippen LogP) is 8.29. The summed E-state index contributed by atoms with van der Waals surface area (Å²) in [4.78, 5) is 22.5. The molecule has 3 N–H and O–H groups in total. The number of para-hydroxylation sites is 2. The monoisotopic (exact) mass is 432 g/mol. The van der Waals surface area contributed by atoms with E-state index in [2.05, 4.69) is 5.32 Å². The third-order valence-corrected chi connectivity index (χ3v) is 3.40. The highest BCUT2D eigenvalue weighted by atomic mass is 16.1. The predicted molar refractivity (Wildman–Crippen MR) is 141 cm³/mol. The topological polar surface area (TPSA) is 72.2 Å². The van der Waals surface area contributed by atoms with Gasteiger partial charge >= 0.3 is 0 Å². The van der Waals surface area contributed by atoms with Gasteiger partial charge in [-0.2, -0.15) is 0 Å². The van der Waals surface area contributed by atoms with Crippen LogP contribution in [0.15, 0.2) is 48.5 Å². The number of nitrogen functional groups attached to an aromatic ring is 1. The van der Waals surface area contributed by atoms with Crippen molar-refractivity contribution in [3.05, 3.63) is 59.7 Å². The minimum Gasteiger partial charge on any atom is -0.398 e. The molecule has 0 spiro atoms. The van der Waals surface area contributed by atoms with Gasteiger partial charge in [-0.05, 0) is 24.3 Å². The van der Waals surface area contributed by atoms with E-state index in [1.165, 1.54) is 0 Å². The van der Waals surface area contributed by atoms with Crippen LogP contribution < -0.4 is 11.1 Å². The second-order valence-corrected chi connectivity index (χ2v) is 4.94. The van der Waals surface area contributed by atoms with Crippen molar-refractivity contribution in [2.75, 3.05) is 18.1 Å². The maximum absolute atomic E-state index is 11.4. The highest BCUT2D eigenvalue weighted by Crippen LogP contribution is 2.15. The molecule has 0 radical (unpaired) electrons. The number of benzene rings is 2. The minimum atomic E-state index is 0.100. The molecule has 0 heterocycles. The van der Waals surface area contributed by atoms with Crippen LogP contribution in [0.2, 0.25) is 0 Å². The molecule has 0 fully saturated rings. The first-order valence-corrected chi connectivity index (χ1v) is 11.7. The van der Waals surface area contributed by atoms with E-state index in [0.29, 0.717) is 24.1 Å². The molecule has 0 saturated carbocycles. The van der Waals surface area contributed by atoms with Gasteiger partial charge in [0.2, 0.25) is 0 Å². The highest BCUT2D eigenvalue weighted by Gasteiger charge is 2.06. The molecule has 0 bridgehead atoms. The molecule has 2 aromatic carbocycles. The number of rotatable bonds is 5. The van der Waals surface area contributed by atoms with Crippen molar-refractivity contribution in [2.24, 2.45) is 0 Å². The molecule has 2 aromatic rings. The summed E-state index contributed by atoms with van der Waals surface area (Å²) < 4.78 is 0. The Kier molecular flexibility index (Phi) is 31.6. The van der Waals surface area contributed by atoms with Crippen LogP contribution in [-0.2, 0) is 0 Å². The van der Waals surface area contributed by atoms with Gasteiger partial charge in [0, 0.05) is 42.4 Å². The van der Waals surface area contributed by atoms with Crippen molar-refractivity contribution in [3.8, 4) is 0 Å². The molecule has 0 aliphatic heterocycles. The summed E-state index contributed by atoms with van der Waals surface area (Å²) in [6, 6.07) is 14.7. The second kappa shape index (κ2) is 27.4. The van der Waals surface area contributed by atoms with Gasteiger partial charge in [0.25, 0.3) is 0 Å². The van der Waals surface area contributed by atoms with Crippen LogP contribution in [-0.4, -0.2) is 18.6 Å². The summed E-state index contributed by atoms with van der Waals surface area (Å²) in [7, 11) is 1.82. The number of nitrogens with one attached hydrogen (secondary N) is 1. The zero-order chi connectivity index (χ0) is 25.2. The summed E-state index contributed by atoms with van der Waals surface area (Å²) >= 11 is 0. The van der Waals surface area contributed by atoms with Crippen molar-refractivity contribution < 1.29 is 9.59 Å². The van der Waals surface area contributed by atoms with Crippen molar-refractivity contribution >= 4 is 22.9 Å². The van der Waals surface area contributed by atoms with Crippen molar-refractivity contribution in [2.45, 2.75) is 82.1 Å². The van der Waals surface area contributed by atoms with E-state index in [9.17, 15) is 9.59 Å². The molecular weight excluding hydrogens is 384 g/mol. The summed E-state index contributed by atoms with van der Waals surface area (Å²) in [5.41, 5.74) is 8.47. The first-order chi connectivity index (χ1) is 15.0. The summed E-state index contributed by atoms with van der Waals surface area (Å²) in [6.45, 7) is 19.7. The van der Waals surface area contributed by atoms with Gasteiger partial charge in [-0.1, -0.05) is 93.5 Å². The zero-order valence-electron chi connectivity index (χ0n) is 21.9. The SMILES string of the molecule is CC.CC.CC.CC.CCC(=O)c1ccccc1N.CCC(=O)c1ccccc1NC. The lowest BCUT2D eigenvalue weighted by Gasteiger charge is -2.05. The zero-order valence-corrected chi connectivity index (χ0v) is 21.9. The summed E-state index contributed by atoms with van der Waals surface area (Å²) in [6.07, 6.45) is 1.06. The van der Waals surface area contributed by atoms with E-state index in [1.54, 1.807) is 12.1 Å². The molecule has 0 atom stereocenters. The normalized spacial score (nSPS) is 7.84. The number of ketones is 2. The van der Waals surface area contributed by atoms with Gasteiger partial charge in [0.15, 0.2) is 11.6 Å². The largest absolute Gasteiger partial charge is 0.398 e. The van der Waals surface area contributed by atoms with Crippen molar-refractivity contribution in [3.63, 3.8) is 0 Å². The van der Waals surface area contributed by atoms with Gasteiger partial charge in [-0.15, -0.1) is 0 Å². The number of hydrogen-bond acceptors (Lipinski definition) is 4. The van der Waals surface area contributed by atoms with E-state index in [0.717, 1.165) is 11.3 Å². The molecule has 0 unspecified atom stereocenters. The lowest BCUT2D eigenvalue weighted by atomic mass is 10.1. The molecule has 31 heavy (non-hydrogen) atoms. The van der Waals surface area contributed by atoms with Crippen molar-refractivity contribution in [1.82, 2.24) is 0 Å². The minimum absolute atomic E-state index is 0.100. The van der Waals surface area contributed by atoms with Crippen LogP contribution in [0.25, 0.3) is 0 Å². The standard InChI is InChI=1S/C10H13NO.C9H11NO.4C2H6/c1-3-10(12)8-6-4-5-7-9(8)11-2;1-2-9(11)7-5-3-4-6-8(7)10;4*1-2/h4-7,11H,3H2,1-2H3;3-6H,2,10H2,1H3;4*1-2H3. The fourth-order valence-electron chi connectivity index (χ4n) is 2.08. The molecule has 178 valence electrons. The molecule has 4 heteroatoms. The number of carbonyl (C=O) groups excluding carboxylic acids is 2. The number of hydrogen-bond donors (Lipinski definition) is 2. The first kappa shape index (κ1) is 35.8. The smallest absolute Gasteiger partial charge is 0.164 e. The molecule has 0 aliphatic rings. The fourth-order valence-corrected chi connectivity index (χ4v) is 2.08. The Hall–Kier alpha value is -2.62. The molecule has 0 aromatic heterocycles. The van der Waals surface area contributed by atoms with Crippen LogP contribution in [0.5, 0.6) is 0 Å². The third-order valence-electron chi connectivity index (χ3n) is 3.40. The maximum atomic E-state index is 11.4. The Bertz CT molecular complexity index is 668. The Morgan fingerprint density at radius 3 is 1.42 bits per heavy atom. The highest BCUT2D eigenvalue weighted by molar-refractivity contribution is 6.01. The van der Waals surface area contributed by atoms with Crippen LogP contribution in [0.1, 0.15) is 103 Å². The van der Waals surface area contributed by atoms with Crippen molar-refractivity contribution in [1.29, 1.82) is 0 Å². The van der Waals surface area contributed by atoms with E-state index < -0.39 is 0 Å². The number of carbonyl (C=O) groups is 2. The first-order valence-electron chi connectivity index (χ1n) is 11.7. The quantitative estimate of drug-likeness (QED) is 0.368. The summed E-state index contributed by atoms with van der Waals surface area (Å²) in [5.74, 6) is 0.281. The van der Waals surface area contributed by atoms with E-state index in [-0.39, 0.29) is 11.6 Å². The third kappa shape index (κ3) is 15.8. The number of anilines is 2.